The molecule has 0 spiro atoms. The Balaban J connectivity index is 2.32. The smallest absolute Gasteiger partial charge is 0.264 e. The van der Waals surface area contributed by atoms with Gasteiger partial charge in [0.2, 0.25) is 0 Å². The van der Waals surface area contributed by atoms with Crippen molar-refractivity contribution in [2.75, 3.05) is 13.7 Å². The number of nitrogens with one attached hydrogen (secondary N) is 1. The molecule has 2 rings (SSSR count). The Morgan fingerprint density at radius 1 is 1.21 bits per heavy atom. The first-order chi connectivity index (χ1) is 9.24. The first kappa shape index (κ1) is 13.1. The van der Waals surface area contributed by atoms with Crippen molar-refractivity contribution in [1.82, 2.24) is 10.2 Å². The molecule has 1 aromatic heterocycles. The highest BCUT2D eigenvalue weighted by Crippen LogP contribution is 2.31. The van der Waals surface area contributed by atoms with E-state index in [0.29, 0.717) is 23.8 Å². The molecule has 2 aromatic rings. The van der Waals surface area contributed by atoms with Gasteiger partial charge in [-0.25, -0.2) is 5.10 Å². The summed E-state index contributed by atoms with van der Waals surface area (Å²) in [6, 6.07) is 8.67. The molecule has 0 bridgehead atoms. The zero-order chi connectivity index (χ0) is 13.7. The first-order valence-corrected chi connectivity index (χ1v) is 6.11. The van der Waals surface area contributed by atoms with Gasteiger partial charge < -0.3 is 9.47 Å². The fourth-order valence-corrected chi connectivity index (χ4v) is 1.66. The van der Waals surface area contributed by atoms with Crippen molar-refractivity contribution < 1.29 is 9.47 Å². The van der Waals surface area contributed by atoms with Gasteiger partial charge in [-0.15, -0.1) is 0 Å². The van der Waals surface area contributed by atoms with Crippen LogP contribution in [-0.2, 0) is 0 Å². The Labute approximate surface area is 111 Å². The van der Waals surface area contributed by atoms with Gasteiger partial charge in [-0.2, -0.15) is 5.10 Å². The summed E-state index contributed by atoms with van der Waals surface area (Å²) in [5.41, 5.74) is 1.32. The molecule has 5 heteroatoms. The second-order valence-corrected chi connectivity index (χ2v) is 4.02. The van der Waals surface area contributed by atoms with Gasteiger partial charge in [-0.3, -0.25) is 4.79 Å². The minimum absolute atomic E-state index is 0.224. The van der Waals surface area contributed by atoms with Gasteiger partial charge in [-0.1, -0.05) is 6.92 Å². The summed E-state index contributed by atoms with van der Waals surface area (Å²) in [6.45, 7) is 2.69. The maximum atomic E-state index is 11.0. The zero-order valence-electron chi connectivity index (χ0n) is 11.0. The summed E-state index contributed by atoms with van der Waals surface area (Å²) >= 11 is 0. The average Bonchev–Trinajstić information content (AvgIpc) is 2.46. The number of benzene rings is 1. The lowest BCUT2D eigenvalue weighted by Crippen LogP contribution is -2.05. The predicted octanol–water partition coefficient (Wildman–Crippen LogP) is 2.23. The zero-order valence-corrected chi connectivity index (χ0v) is 11.0. The monoisotopic (exact) mass is 260 g/mol. The van der Waals surface area contributed by atoms with E-state index in [1.807, 2.05) is 25.1 Å². The quantitative estimate of drug-likeness (QED) is 0.895. The van der Waals surface area contributed by atoms with E-state index in [9.17, 15) is 4.79 Å². The van der Waals surface area contributed by atoms with Gasteiger partial charge in [0.1, 0.15) is 0 Å². The van der Waals surface area contributed by atoms with E-state index in [1.165, 1.54) is 6.07 Å². The van der Waals surface area contributed by atoms with Gasteiger partial charge >= 0.3 is 0 Å². The lowest BCUT2D eigenvalue weighted by atomic mass is 10.1. The topological polar surface area (TPSA) is 64.2 Å². The van der Waals surface area contributed by atoms with E-state index in [4.69, 9.17) is 9.47 Å². The number of aromatic nitrogens is 2. The van der Waals surface area contributed by atoms with Crippen LogP contribution in [0.25, 0.3) is 11.3 Å². The Bertz CT molecular complexity index is 587. The molecule has 5 nitrogen and oxygen atoms in total. The maximum absolute atomic E-state index is 11.0. The largest absolute Gasteiger partial charge is 0.493 e. The van der Waals surface area contributed by atoms with Crippen molar-refractivity contribution in [3.8, 4) is 22.8 Å². The van der Waals surface area contributed by atoms with E-state index in [-0.39, 0.29) is 5.56 Å². The third kappa shape index (κ3) is 3.13. The number of hydrogen-bond donors (Lipinski definition) is 1. The van der Waals surface area contributed by atoms with Crippen molar-refractivity contribution >= 4 is 0 Å². The number of aromatic amines is 1. The highest BCUT2D eigenvalue weighted by atomic mass is 16.5. The molecule has 0 aliphatic carbocycles. The Hall–Kier alpha value is -2.30. The third-order valence-electron chi connectivity index (χ3n) is 2.60. The Kier molecular flexibility index (Phi) is 4.18. The number of H-pyrrole nitrogens is 1. The van der Waals surface area contributed by atoms with Crippen molar-refractivity contribution in [2.24, 2.45) is 0 Å². The molecule has 19 heavy (non-hydrogen) atoms. The number of ether oxygens (including phenoxy) is 2. The van der Waals surface area contributed by atoms with Crippen LogP contribution in [0, 0.1) is 0 Å². The third-order valence-corrected chi connectivity index (χ3v) is 2.60. The summed E-state index contributed by atoms with van der Waals surface area (Å²) < 4.78 is 10.9. The van der Waals surface area contributed by atoms with Crippen molar-refractivity contribution in [1.29, 1.82) is 0 Å². The minimum atomic E-state index is -0.224. The van der Waals surface area contributed by atoms with E-state index in [0.717, 1.165) is 12.0 Å². The number of hydrogen-bond acceptors (Lipinski definition) is 4. The van der Waals surface area contributed by atoms with E-state index >= 15 is 0 Å². The molecule has 100 valence electrons. The van der Waals surface area contributed by atoms with Crippen molar-refractivity contribution in [3.05, 3.63) is 40.7 Å². The van der Waals surface area contributed by atoms with Gasteiger partial charge in [0, 0.05) is 11.6 Å². The average molecular weight is 260 g/mol. The molecule has 0 saturated carbocycles. The lowest BCUT2D eigenvalue weighted by Gasteiger charge is -2.11. The first-order valence-electron chi connectivity index (χ1n) is 6.11. The summed E-state index contributed by atoms with van der Waals surface area (Å²) in [7, 11) is 1.60. The standard InChI is InChI=1S/C14H16N2O3/c1-3-8-19-12-6-4-10(9-13(12)18-2)11-5-7-14(17)16-15-11/h4-7,9H,3,8H2,1-2H3,(H,16,17). The van der Waals surface area contributed by atoms with Gasteiger partial charge in [0.25, 0.3) is 5.56 Å². The molecule has 0 aliphatic rings. The number of nitrogens with zero attached hydrogens (tertiary/aromatic N) is 1. The molecule has 1 N–H and O–H groups in total. The Morgan fingerprint density at radius 3 is 2.68 bits per heavy atom. The van der Waals surface area contributed by atoms with Gasteiger partial charge in [0.15, 0.2) is 11.5 Å². The van der Waals surface area contributed by atoms with Crippen LogP contribution in [0.5, 0.6) is 11.5 Å². The second-order valence-electron chi connectivity index (χ2n) is 4.02. The second kappa shape index (κ2) is 6.04. The van der Waals surface area contributed by atoms with Gasteiger partial charge in [-0.05, 0) is 30.7 Å². The maximum Gasteiger partial charge on any atom is 0.264 e. The summed E-state index contributed by atoms with van der Waals surface area (Å²) in [4.78, 5) is 11.0. The lowest BCUT2D eigenvalue weighted by molar-refractivity contribution is 0.294. The molecular formula is C14H16N2O3. The van der Waals surface area contributed by atoms with Crippen LogP contribution in [-0.4, -0.2) is 23.9 Å². The molecule has 0 aliphatic heterocycles. The molecule has 0 fully saturated rings. The molecule has 0 radical (unpaired) electrons. The molecular weight excluding hydrogens is 244 g/mol. The Morgan fingerprint density at radius 2 is 2.05 bits per heavy atom. The molecule has 0 amide bonds. The summed E-state index contributed by atoms with van der Waals surface area (Å²) in [5, 5.41) is 6.39. The van der Waals surface area contributed by atoms with Crippen LogP contribution >= 0.6 is 0 Å². The molecule has 1 heterocycles. The molecule has 0 saturated heterocycles. The molecule has 0 atom stereocenters. The van der Waals surface area contributed by atoms with Crippen LogP contribution in [0.3, 0.4) is 0 Å². The van der Waals surface area contributed by atoms with Crippen LogP contribution < -0.4 is 15.0 Å². The van der Waals surface area contributed by atoms with Crippen LogP contribution in [0.4, 0.5) is 0 Å². The van der Waals surface area contributed by atoms with Crippen LogP contribution in [0.2, 0.25) is 0 Å². The highest BCUT2D eigenvalue weighted by Gasteiger charge is 2.07. The fraction of sp³-hybridized carbons (Fsp3) is 0.286. The molecule has 1 aromatic carbocycles. The van der Waals surface area contributed by atoms with E-state index in [2.05, 4.69) is 10.2 Å². The number of rotatable bonds is 5. The fourth-order valence-electron chi connectivity index (χ4n) is 1.66. The number of methoxy groups -OCH3 is 1. The summed E-state index contributed by atoms with van der Waals surface area (Å²) in [5.74, 6) is 1.36. The minimum Gasteiger partial charge on any atom is -0.493 e. The van der Waals surface area contributed by atoms with Crippen molar-refractivity contribution in [3.63, 3.8) is 0 Å². The summed E-state index contributed by atoms with van der Waals surface area (Å²) in [6.07, 6.45) is 0.937. The van der Waals surface area contributed by atoms with Crippen molar-refractivity contribution in [2.45, 2.75) is 13.3 Å². The van der Waals surface area contributed by atoms with Gasteiger partial charge in [0.05, 0.1) is 19.4 Å². The van der Waals surface area contributed by atoms with E-state index in [1.54, 1.807) is 13.2 Å². The van der Waals surface area contributed by atoms with Crippen LogP contribution in [0.1, 0.15) is 13.3 Å². The predicted molar refractivity (Wildman–Crippen MR) is 72.6 cm³/mol. The van der Waals surface area contributed by atoms with Crippen LogP contribution in [0.15, 0.2) is 35.1 Å². The normalized spacial score (nSPS) is 10.2. The highest BCUT2D eigenvalue weighted by molar-refractivity contribution is 5.63. The molecule has 0 unspecified atom stereocenters. The van der Waals surface area contributed by atoms with E-state index < -0.39 is 0 Å². The SMILES string of the molecule is CCCOc1ccc(-c2ccc(=O)[nH]n2)cc1OC.